The van der Waals surface area contributed by atoms with Crippen LogP contribution in [0.5, 0.6) is 0 Å². The number of hydrogen-bond donors (Lipinski definition) is 2. The highest BCUT2D eigenvalue weighted by Gasteiger charge is 2.16. The zero-order valence-electron chi connectivity index (χ0n) is 13.0. The van der Waals surface area contributed by atoms with E-state index in [4.69, 9.17) is 11.6 Å². The Hall–Kier alpha value is -2.16. The molecule has 3 aromatic rings. The number of halogens is 2. The summed E-state index contributed by atoms with van der Waals surface area (Å²) in [5.41, 5.74) is 1.20. The summed E-state index contributed by atoms with van der Waals surface area (Å²) >= 11 is 6.92. The van der Waals surface area contributed by atoms with Crippen LogP contribution in [-0.4, -0.2) is 13.4 Å². The molecule has 0 unspecified atom stereocenters. The fraction of sp³-hybridized carbons (Fsp3) is 0.0625. The molecule has 1 aromatic carbocycles. The summed E-state index contributed by atoms with van der Waals surface area (Å²) in [7, 11) is -3.65. The Morgan fingerprint density at radius 1 is 1.12 bits per heavy atom. The van der Waals surface area contributed by atoms with E-state index in [1.807, 2.05) is 6.92 Å². The SMILES string of the molecule is Cc1ccc(S(=O)(=O)Nc2ccc(Nc3ccc(F)c(Cl)c3)cn2)s1. The van der Waals surface area contributed by atoms with Crippen LogP contribution >= 0.6 is 22.9 Å². The number of hydrogen-bond acceptors (Lipinski definition) is 5. The molecule has 5 nitrogen and oxygen atoms in total. The van der Waals surface area contributed by atoms with E-state index in [0.717, 1.165) is 4.88 Å². The van der Waals surface area contributed by atoms with Gasteiger partial charge in [0.2, 0.25) is 0 Å². The van der Waals surface area contributed by atoms with Gasteiger partial charge >= 0.3 is 0 Å². The van der Waals surface area contributed by atoms with Crippen molar-refractivity contribution < 1.29 is 12.8 Å². The molecule has 0 saturated heterocycles. The van der Waals surface area contributed by atoms with Crippen molar-refractivity contribution in [3.63, 3.8) is 0 Å². The van der Waals surface area contributed by atoms with Crippen molar-refractivity contribution in [2.75, 3.05) is 10.0 Å². The van der Waals surface area contributed by atoms with E-state index in [9.17, 15) is 12.8 Å². The minimum atomic E-state index is -3.65. The Labute approximate surface area is 153 Å². The van der Waals surface area contributed by atoms with Crippen LogP contribution in [0.3, 0.4) is 0 Å². The van der Waals surface area contributed by atoms with Gasteiger partial charge in [-0.25, -0.2) is 17.8 Å². The lowest BCUT2D eigenvalue weighted by molar-refractivity contribution is 0.603. The van der Waals surface area contributed by atoms with Crippen molar-refractivity contribution in [3.8, 4) is 0 Å². The third-order valence-corrected chi connectivity index (χ3v) is 6.33. The largest absolute Gasteiger partial charge is 0.354 e. The molecule has 0 fully saturated rings. The highest BCUT2D eigenvalue weighted by atomic mass is 35.5. The molecule has 0 spiro atoms. The van der Waals surface area contributed by atoms with Gasteiger partial charge in [0, 0.05) is 10.6 Å². The number of aromatic nitrogens is 1. The predicted octanol–water partition coefficient (Wildman–Crippen LogP) is 4.79. The molecule has 0 aliphatic rings. The van der Waals surface area contributed by atoms with Crippen LogP contribution in [0.1, 0.15) is 4.88 Å². The van der Waals surface area contributed by atoms with Gasteiger partial charge in [0.05, 0.1) is 16.9 Å². The van der Waals surface area contributed by atoms with Crippen LogP contribution in [0.15, 0.2) is 52.9 Å². The van der Waals surface area contributed by atoms with Crippen LogP contribution in [-0.2, 0) is 10.0 Å². The van der Waals surface area contributed by atoms with Crippen molar-refractivity contribution in [2.45, 2.75) is 11.1 Å². The number of rotatable bonds is 5. The van der Waals surface area contributed by atoms with E-state index in [0.29, 0.717) is 11.4 Å². The quantitative estimate of drug-likeness (QED) is 0.649. The van der Waals surface area contributed by atoms with E-state index in [1.165, 1.54) is 41.8 Å². The summed E-state index contributed by atoms with van der Waals surface area (Å²) in [6, 6.07) is 10.7. The molecular formula is C16H13ClFN3O2S2. The predicted molar refractivity (Wildman–Crippen MR) is 98.8 cm³/mol. The minimum Gasteiger partial charge on any atom is -0.354 e. The molecule has 3 rings (SSSR count). The van der Waals surface area contributed by atoms with Crippen LogP contribution in [0.25, 0.3) is 0 Å². The van der Waals surface area contributed by atoms with Crippen molar-refractivity contribution in [1.82, 2.24) is 4.98 Å². The molecule has 130 valence electrons. The monoisotopic (exact) mass is 397 g/mol. The molecule has 9 heteroatoms. The van der Waals surface area contributed by atoms with Crippen LogP contribution in [0, 0.1) is 12.7 Å². The molecule has 2 aromatic heterocycles. The first-order chi connectivity index (χ1) is 11.8. The van der Waals surface area contributed by atoms with Gasteiger partial charge in [-0.2, -0.15) is 0 Å². The summed E-state index contributed by atoms with van der Waals surface area (Å²) in [6.07, 6.45) is 1.47. The van der Waals surface area contributed by atoms with E-state index in [1.54, 1.807) is 18.2 Å². The van der Waals surface area contributed by atoms with Gasteiger partial charge in [-0.15, -0.1) is 11.3 Å². The Morgan fingerprint density at radius 2 is 1.88 bits per heavy atom. The van der Waals surface area contributed by atoms with Gasteiger partial charge in [0.15, 0.2) is 0 Å². The number of nitrogens with one attached hydrogen (secondary N) is 2. The Kier molecular flexibility index (Phi) is 4.94. The number of thiophene rings is 1. The first kappa shape index (κ1) is 17.7. The number of anilines is 3. The maximum absolute atomic E-state index is 13.2. The van der Waals surface area contributed by atoms with Gasteiger partial charge < -0.3 is 5.32 Å². The maximum atomic E-state index is 13.2. The Bertz CT molecular complexity index is 1000. The first-order valence-electron chi connectivity index (χ1n) is 7.11. The molecule has 0 aliphatic heterocycles. The van der Waals surface area contributed by atoms with Gasteiger partial charge in [0.25, 0.3) is 10.0 Å². The molecule has 0 aliphatic carbocycles. The molecule has 0 saturated carbocycles. The van der Waals surface area contributed by atoms with Gasteiger partial charge in [-0.1, -0.05) is 11.6 Å². The van der Waals surface area contributed by atoms with Crippen LogP contribution < -0.4 is 10.0 Å². The van der Waals surface area contributed by atoms with E-state index < -0.39 is 15.8 Å². The Morgan fingerprint density at radius 3 is 2.48 bits per heavy atom. The normalized spacial score (nSPS) is 11.3. The number of benzene rings is 1. The standard InChI is InChI=1S/C16H13ClFN3O2S2/c1-10-2-7-16(24-10)25(22,23)21-15-6-4-12(9-19-15)20-11-3-5-14(18)13(17)8-11/h2-9,20H,1H3,(H,19,21). The second kappa shape index (κ2) is 6.99. The lowest BCUT2D eigenvalue weighted by Gasteiger charge is -2.09. The van der Waals surface area contributed by atoms with E-state index in [2.05, 4.69) is 15.0 Å². The second-order valence-corrected chi connectivity index (χ2v) is 8.76. The summed E-state index contributed by atoms with van der Waals surface area (Å²) in [6.45, 7) is 1.84. The van der Waals surface area contributed by atoms with Crippen molar-refractivity contribution in [1.29, 1.82) is 0 Å². The fourth-order valence-corrected chi connectivity index (χ4v) is 4.49. The molecule has 0 bridgehead atoms. The van der Waals surface area contributed by atoms with Crippen molar-refractivity contribution >= 4 is 50.2 Å². The van der Waals surface area contributed by atoms with Crippen LogP contribution in [0.4, 0.5) is 21.6 Å². The lowest BCUT2D eigenvalue weighted by Crippen LogP contribution is -2.12. The van der Waals surface area contributed by atoms with Gasteiger partial charge in [-0.05, 0) is 49.4 Å². The van der Waals surface area contributed by atoms with Gasteiger partial charge in [-0.3, -0.25) is 4.72 Å². The molecule has 0 amide bonds. The van der Waals surface area contributed by atoms with Crippen LogP contribution in [0.2, 0.25) is 5.02 Å². The molecular weight excluding hydrogens is 385 g/mol. The number of aryl methyl sites for hydroxylation is 1. The van der Waals surface area contributed by atoms with E-state index in [-0.39, 0.29) is 15.0 Å². The summed E-state index contributed by atoms with van der Waals surface area (Å²) in [5.74, 6) is -0.298. The average Bonchev–Trinajstić information content (AvgIpc) is 3.00. The molecule has 0 atom stereocenters. The summed E-state index contributed by atoms with van der Waals surface area (Å²) in [5, 5.41) is 3.02. The molecule has 25 heavy (non-hydrogen) atoms. The maximum Gasteiger partial charge on any atom is 0.272 e. The average molecular weight is 398 g/mol. The zero-order valence-corrected chi connectivity index (χ0v) is 15.3. The highest BCUT2D eigenvalue weighted by molar-refractivity contribution is 7.94. The highest BCUT2D eigenvalue weighted by Crippen LogP contribution is 2.25. The molecule has 2 heterocycles. The zero-order chi connectivity index (χ0) is 18.0. The summed E-state index contributed by atoms with van der Waals surface area (Å²) in [4.78, 5) is 4.99. The lowest BCUT2D eigenvalue weighted by atomic mass is 10.3. The topological polar surface area (TPSA) is 71.1 Å². The number of nitrogens with zero attached hydrogens (tertiary/aromatic N) is 1. The third kappa shape index (κ3) is 4.28. The smallest absolute Gasteiger partial charge is 0.272 e. The fourth-order valence-electron chi connectivity index (χ4n) is 2.01. The minimum absolute atomic E-state index is 0.00795. The third-order valence-electron chi connectivity index (χ3n) is 3.19. The number of sulfonamides is 1. The van der Waals surface area contributed by atoms with Gasteiger partial charge in [0.1, 0.15) is 15.8 Å². The number of pyridine rings is 1. The Balaban J connectivity index is 1.72. The van der Waals surface area contributed by atoms with Crippen molar-refractivity contribution in [3.05, 3.63) is 64.4 Å². The second-order valence-electron chi connectivity index (χ2n) is 5.16. The van der Waals surface area contributed by atoms with E-state index >= 15 is 0 Å². The molecule has 0 radical (unpaired) electrons. The van der Waals surface area contributed by atoms with Crippen molar-refractivity contribution in [2.24, 2.45) is 0 Å². The molecule has 2 N–H and O–H groups in total. The first-order valence-corrected chi connectivity index (χ1v) is 9.79. The summed E-state index contributed by atoms with van der Waals surface area (Å²) < 4.78 is 40.3.